The van der Waals surface area contributed by atoms with E-state index in [1.54, 1.807) is 19.2 Å². The molecule has 0 heterocycles. The van der Waals surface area contributed by atoms with Gasteiger partial charge in [0.15, 0.2) is 17.3 Å². The second-order valence-electron chi connectivity index (χ2n) is 8.25. The summed E-state index contributed by atoms with van der Waals surface area (Å²) in [6, 6.07) is 15.0. The van der Waals surface area contributed by atoms with Gasteiger partial charge in [0.2, 0.25) is 0 Å². The predicted octanol–water partition coefficient (Wildman–Crippen LogP) is 5.63. The molecule has 1 atom stereocenters. The zero-order chi connectivity index (χ0) is 25.0. The molecule has 2 aromatic rings. The lowest BCUT2D eigenvalue weighted by atomic mass is 9.83. The summed E-state index contributed by atoms with van der Waals surface area (Å²) in [5, 5.41) is 12.9. The summed E-state index contributed by atoms with van der Waals surface area (Å²) in [7, 11) is 7.46. The fraction of sp³-hybridized carbons (Fsp3) is 0.393. The summed E-state index contributed by atoms with van der Waals surface area (Å²) in [6.07, 6.45) is 2.63. The molecule has 0 spiro atoms. The molecule has 1 unspecified atom stereocenters. The van der Waals surface area contributed by atoms with E-state index in [9.17, 15) is 9.90 Å². The first-order valence-corrected chi connectivity index (χ1v) is 11.4. The Morgan fingerprint density at radius 3 is 2.27 bits per heavy atom. The lowest BCUT2D eigenvalue weighted by Crippen LogP contribution is -2.19. The summed E-state index contributed by atoms with van der Waals surface area (Å²) in [5.41, 5.74) is 4.00. The van der Waals surface area contributed by atoms with E-state index in [1.807, 2.05) is 43.3 Å². The SMILES string of the molecule is C=C(/C(=C(\NC)C(C)=O)C(C)c1ccc(O)c(OC)c1)c1ccccc1.CCCCN(C)C. The van der Waals surface area contributed by atoms with Crippen LogP contribution in [0.4, 0.5) is 0 Å². The Kier molecular flexibility index (Phi) is 12.0. The molecule has 33 heavy (non-hydrogen) atoms. The van der Waals surface area contributed by atoms with E-state index < -0.39 is 0 Å². The van der Waals surface area contributed by atoms with Crippen molar-refractivity contribution in [3.05, 3.63) is 77.5 Å². The molecular formula is C28H40N2O3. The van der Waals surface area contributed by atoms with Crippen molar-refractivity contribution in [1.29, 1.82) is 0 Å². The molecule has 5 heteroatoms. The molecule has 0 fully saturated rings. The summed E-state index contributed by atoms with van der Waals surface area (Å²) in [5.74, 6) is 0.282. The number of aromatic hydroxyl groups is 1. The van der Waals surface area contributed by atoms with Gasteiger partial charge < -0.3 is 20.1 Å². The van der Waals surface area contributed by atoms with Crippen LogP contribution in [0.5, 0.6) is 11.5 Å². The van der Waals surface area contributed by atoms with E-state index in [-0.39, 0.29) is 17.5 Å². The second kappa shape index (κ2) is 14.2. The molecule has 2 rings (SSSR count). The zero-order valence-corrected chi connectivity index (χ0v) is 21.2. The number of carbonyl (C=O) groups is 1. The first kappa shape index (κ1) is 28.0. The Morgan fingerprint density at radius 1 is 1.18 bits per heavy atom. The third kappa shape index (κ3) is 8.43. The molecule has 0 aromatic heterocycles. The number of carbonyl (C=O) groups excluding carboxylic acids is 1. The third-order valence-corrected chi connectivity index (χ3v) is 5.41. The highest BCUT2D eigenvalue weighted by Crippen LogP contribution is 2.38. The molecule has 0 amide bonds. The molecule has 5 nitrogen and oxygen atoms in total. The lowest BCUT2D eigenvalue weighted by molar-refractivity contribution is -0.114. The average molecular weight is 453 g/mol. The number of nitrogens with one attached hydrogen (secondary N) is 1. The molecule has 0 bridgehead atoms. The highest BCUT2D eigenvalue weighted by atomic mass is 16.5. The highest BCUT2D eigenvalue weighted by Gasteiger charge is 2.22. The zero-order valence-electron chi connectivity index (χ0n) is 21.2. The number of unbranched alkanes of at least 4 members (excludes halogenated alkanes) is 1. The van der Waals surface area contributed by atoms with Crippen LogP contribution in [0, 0.1) is 0 Å². The molecular weight excluding hydrogens is 412 g/mol. The topological polar surface area (TPSA) is 61.8 Å². The van der Waals surface area contributed by atoms with E-state index in [4.69, 9.17) is 4.74 Å². The number of benzene rings is 2. The number of nitrogens with zero attached hydrogens (tertiary/aromatic N) is 1. The Bertz CT molecular complexity index is 933. The number of allylic oxidation sites excluding steroid dienone is 3. The molecule has 0 saturated carbocycles. The van der Waals surface area contributed by atoms with E-state index >= 15 is 0 Å². The quantitative estimate of drug-likeness (QED) is 0.361. The maximum absolute atomic E-state index is 12.2. The summed E-state index contributed by atoms with van der Waals surface area (Å²) in [4.78, 5) is 14.5. The van der Waals surface area contributed by atoms with Crippen molar-refractivity contribution in [3.63, 3.8) is 0 Å². The van der Waals surface area contributed by atoms with Gasteiger partial charge in [0.25, 0.3) is 0 Å². The number of hydrogen-bond donors (Lipinski definition) is 2. The van der Waals surface area contributed by atoms with Crippen LogP contribution in [0.3, 0.4) is 0 Å². The molecule has 2 N–H and O–H groups in total. The number of rotatable bonds is 10. The van der Waals surface area contributed by atoms with Gasteiger partial charge >= 0.3 is 0 Å². The van der Waals surface area contributed by atoms with Crippen molar-refractivity contribution in [2.75, 3.05) is 34.8 Å². The minimum atomic E-state index is -0.136. The Hall–Kier alpha value is -3.05. The largest absolute Gasteiger partial charge is 0.504 e. The Morgan fingerprint density at radius 2 is 1.82 bits per heavy atom. The van der Waals surface area contributed by atoms with Gasteiger partial charge in [0, 0.05) is 19.9 Å². The number of Topliss-reactive ketones (excluding diaryl/α,β-unsaturated/α-hetero) is 1. The average Bonchev–Trinajstić information content (AvgIpc) is 2.81. The number of phenols is 1. The van der Waals surface area contributed by atoms with Crippen molar-refractivity contribution < 1.29 is 14.6 Å². The second-order valence-corrected chi connectivity index (χ2v) is 8.25. The van der Waals surface area contributed by atoms with Gasteiger partial charge in [-0.15, -0.1) is 0 Å². The van der Waals surface area contributed by atoms with Gasteiger partial charge in [-0.05, 0) is 61.5 Å². The Labute approximate surface area is 199 Å². The normalized spacial score (nSPS) is 12.2. The molecule has 180 valence electrons. The minimum Gasteiger partial charge on any atom is -0.504 e. The van der Waals surface area contributed by atoms with Crippen molar-refractivity contribution >= 4 is 11.4 Å². The first-order valence-electron chi connectivity index (χ1n) is 11.4. The van der Waals surface area contributed by atoms with Gasteiger partial charge in [-0.3, -0.25) is 4.79 Å². The van der Waals surface area contributed by atoms with Gasteiger partial charge in [-0.1, -0.05) is 63.2 Å². The first-order chi connectivity index (χ1) is 15.7. The molecule has 0 aliphatic rings. The number of methoxy groups -OCH3 is 1. The fourth-order valence-corrected chi connectivity index (χ4v) is 3.53. The van der Waals surface area contributed by atoms with Gasteiger partial charge in [-0.25, -0.2) is 0 Å². The van der Waals surface area contributed by atoms with Crippen LogP contribution in [-0.2, 0) is 4.79 Å². The van der Waals surface area contributed by atoms with Crippen molar-refractivity contribution in [2.45, 2.75) is 39.5 Å². The van der Waals surface area contributed by atoms with Crippen LogP contribution in [-0.4, -0.2) is 50.6 Å². The number of hydrogen-bond acceptors (Lipinski definition) is 5. The molecule has 0 radical (unpaired) electrons. The lowest BCUT2D eigenvalue weighted by Gasteiger charge is -2.23. The minimum absolute atomic E-state index is 0.0582. The predicted molar refractivity (Wildman–Crippen MR) is 139 cm³/mol. The van der Waals surface area contributed by atoms with E-state index in [0.717, 1.165) is 22.3 Å². The van der Waals surface area contributed by atoms with Gasteiger partial charge in [-0.2, -0.15) is 0 Å². The van der Waals surface area contributed by atoms with Crippen LogP contribution < -0.4 is 10.1 Å². The van der Waals surface area contributed by atoms with Gasteiger partial charge in [0.05, 0.1) is 12.8 Å². The van der Waals surface area contributed by atoms with Crippen molar-refractivity contribution in [2.24, 2.45) is 0 Å². The number of likely N-dealkylation sites (N-methyl/N-ethyl adjacent to an activating group) is 1. The van der Waals surface area contributed by atoms with Crippen LogP contribution in [0.2, 0.25) is 0 Å². The molecule has 0 aliphatic heterocycles. The van der Waals surface area contributed by atoms with Crippen molar-refractivity contribution in [1.82, 2.24) is 10.2 Å². The van der Waals surface area contributed by atoms with E-state index in [1.165, 1.54) is 33.4 Å². The third-order valence-electron chi connectivity index (χ3n) is 5.41. The maximum Gasteiger partial charge on any atom is 0.175 e. The fourth-order valence-electron chi connectivity index (χ4n) is 3.53. The van der Waals surface area contributed by atoms with Gasteiger partial charge in [0.1, 0.15) is 0 Å². The monoisotopic (exact) mass is 452 g/mol. The van der Waals surface area contributed by atoms with E-state index in [2.05, 4.69) is 37.8 Å². The standard InChI is InChI=1S/C22H25NO3.C6H15N/c1-14(17-9-7-6-8-10-17)21(22(23-4)16(3)24)15(2)18-11-12-19(25)20(13-18)26-5;1-4-5-6-7(2)3/h6-13,15,23,25H,1H2,2-5H3;4-6H2,1-3H3/b22-21+;. The van der Waals surface area contributed by atoms with Crippen LogP contribution in [0.25, 0.3) is 5.57 Å². The van der Waals surface area contributed by atoms with Crippen LogP contribution >= 0.6 is 0 Å². The summed E-state index contributed by atoms with van der Waals surface area (Å²) < 4.78 is 5.22. The molecule has 0 saturated heterocycles. The summed E-state index contributed by atoms with van der Waals surface area (Å²) in [6.45, 7) is 11.2. The number of ketones is 1. The maximum atomic E-state index is 12.2. The number of ether oxygens (including phenoxy) is 1. The van der Waals surface area contributed by atoms with Crippen molar-refractivity contribution in [3.8, 4) is 11.5 Å². The van der Waals surface area contributed by atoms with Crippen LogP contribution in [0.15, 0.2) is 66.4 Å². The van der Waals surface area contributed by atoms with E-state index in [0.29, 0.717) is 11.4 Å². The highest BCUT2D eigenvalue weighted by molar-refractivity contribution is 5.98. The molecule has 2 aromatic carbocycles. The summed E-state index contributed by atoms with van der Waals surface area (Å²) >= 11 is 0. The number of phenolic OH excluding ortho intramolecular Hbond substituents is 1. The molecule has 0 aliphatic carbocycles. The Balaban J connectivity index is 0.000000675. The van der Waals surface area contributed by atoms with Crippen LogP contribution in [0.1, 0.15) is 50.7 Å². The smallest absolute Gasteiger partial charge is 0.175 e.